The van der Waals surface area contributed by atoms with Gasteiger partial charge in [-0.3, -0.25) is 9.59 Å². The van der Waals surface area contributed by atoms with Gasteiger partial charge in [-0.25, -0.2) is 4.98 Å². The van der Waals surface area contributed by atoms with E-state index < -0.39 is 6.04 Å². The molecular formula is C26H28N4O3. The van der Waals surface area contributed by atoms with Crippen LogP contribution in [0.5, 0.6) is 5.75 Å². The standard InChI is InChI=1S/C26H28N4O3/c1-27-24-17-21(11-12-28-24)25(31)30-14-13-29(2)26(32)23(30)16-18-5-4-6-20(15-18)19-7-9-22(33-3)10-8-19/h4-12,15,17,23H,13-14,16H2,1-3H3,(H,27,28). The molecule has 1 aliphatic heterocycles. The highest BCUT2D eigenvalue weighted by Crippen LogP contribution is 2.25. The Hall–Kier alpha value is -3.87. The number of carbonyl (C=O) groups is 2. The van der Waals surface area contributed by atoms with Gasteiger partial charge >= 0.3 is 0 Å². The molecule has 2 heterocycles. The third-order valence-electron chi connectivity index (χ3n) is 6.02. The van der Waals surface area contributed by atoms with Crippen LogP contribution in [0.1, 0.15) is 15.9 Å². The highest BCUT2D eigenvalue weighted by Gasteiger charge is 2.36. The third-order valence-corrected chi connectivity index (χ3v) is 6.02. The number of aromatic nitrogens is 1. The molecule has 2 aromatic carbocycles. The summed E-state index contributed by atoms with van der Waals surface area (Å²) in [5.74, 6) is 1.21. The Balaban J connectivity index is 1.60. The van der Waals surface area contributed by atoms with E-state index in [-0.39, 0.29) is 11.8 Å². The molecule has 1 aromatic heterocycles. The van der Waals surface area contributed by atoms with Crippen LogP contribution in [-0.4, -0.2) is 66.9 Å². The molecule has 4 rings (SSSR count). The zero-order chi connectivity index (χ0) is 23.4. The minimum Gasteiger partial charge on any atom is -0.497 e. The number of nitrogens with zero attached hydrogens (tertiary/aromatic N) is 3. The Morgan fingerprint density at radius 1 is 1.09 bits per heavy atom. The zero-order valence-electron chi connectivity index (χ0n) is 19.1. The van der Waals surface area contributed by atoms with Crippen LogP contribution < -0.4 is 10.1 Å². The maximum atomic E-state index is 13.4. The number of pyridine rings is 1. The first kappa shape index (κ1) is 22.3. The lowest BCUT2D eigenvalue weighted by atomic mass is 9.97. The normalized spacial score (nSPS) is 16.0. The number of ether oxygens (including phenoxy) is 1. The average molecular weight is 445 g/mol. The second-order valence-corrected chi connectivity index (χ2v) is 8.09. The minimum atomic E-state index is -0.562. The van der Waals surface area contributed by atoms with Gasteiger partial charge in [0.25, 0.3) is 5.91 Å². The van der Waals surface area contributed by atoms with Crippen LogP contribution in [0.3, 0.4) is 0 Å². The van der Waals surface area contributed by atoms with Gasteiger partial charge in [0.05, 0.1) is 7.11 Å². The number of hydrogen-bond donors (Lipinski definition) is 1. The van der Waals surface area contributed by atoms with Gasteiger partial charge in [-0.2, -0.15) is 0 Å². The van der Waals surface area contributed by atoms with E-state index in [2.05, 4.69) is 16.4 Å². The van der Waals surface area contributed by atoms with Crippen molar-refractivity contribution in [3.63, 3.8) is 0 Å². The van der Waals surface area contributed by atoms with Crippen LogP contribution in [0, 0.1) is 0 Å². The van der Waals surface area contributed by atoms with E-state index in [1.165, 1.54) is 0 Å². The molecule has 0 saturated carbocycles. The number of nitrogens with one attached hydrogen (secondary N) is 1. The van der Waals surface area contributed by atoms with E-state index in [1.54, 1.807) is 49.3 Å². The number of piperazine rings is 1. The van der Waals surface area contributed by atoms with Crippen LogP contribution in [-0.2, 0) is 11.2 Å². The van der Waals surface area contributed by atoms with Crippen molar-refractivity contribution in [2.45, 2.75) is 12.5 Å². The molecule has 2 amide bonds. The van der Waals surface area contributed by atoms with Crippen molar-refractivity contribution < 1.29 is 14.3 Å². The van der Waals surface area contributed by atoms with Gasteiger partial charge in [-0.1, -0.05) is 36.4 Å². The molecule has 0 aliphatic carbocycles. The third kappa shape index (κ3) is 4.82. The molecule has 1 aliphatic rings. The van der Waals surface area contributed by atoms with Crippen molar-refractivity contribution in [2.75, 3.05) is 39.6 Å². The van der Waals surface area contributed by atoms with E-state index in [0.29, 0.717) is 30.9 Å². The van der Waals surface area contributed by atoms with Gasteiger partial charge in [0.15, 0.2) is 0 Å². The molecule has 1 N–H and O–H groups in total. The molecule has 1 unspecified atom stereocenters. The lowest BCUT2D eigenvalue weighted by molar-refractivity contribution is -0.138. The number of methoxy groups -OCH3 is 1. The lowest BCUT2D eigenvalue weighted by Crippen LogP contribution is -2.58. The van der Waals surface area contributed by atoms with Crippen molar-refractivity contribution in [1.82, 2.24) is 14.8 Å². The summed E-state index contributed by atoms with van der Waals surface area (Å²) in [6, 6.07) is 18.8. The number of anilines is 1. The van der Waals surface area contributed by atoms with Crippen LogP contribution in [0.4, 0.5) is 5.82 Å². The Morgan fingerprint density at radius 3 is 2.61 bits per heavy atom. The van der Waals surface area contributed by atoms with Crippen molar-refractivity contribution in [3.8, 4) is 16.9 Å². The fraction of sp³-hybridized carbons (Fsp3) is 0.269. The van der Waals surface area contributed by atoms with Gasteiger partial charge in [0.2, 0.25) is 5.91 Å². The summed E-state index contributed by atoms with van der Waals surface area (Å²) in [5, 5.41) is 2.96. The van der Waals surface area contributed by atoms with E-state index in [4.69, 9.17) is 4.74 Å². The summed E-state index contributed by atoms with van der Waals surface area (Å²) in [6.45, 7) is 0.998. The number of amides is 2. The molecule has 7 heteroatoms. The highest BCUT2D eigenvalue weighted by atomic mass is 16.5. The molecule has 1 fully saturated rings. The molecule has 7 nitrogen and oxygen atoms in total. The second kappa shape index (κ2) is 9.73. The maximum Gasteiger partial charge on any atom is 0.254 e. The first-order valence-corrected chi connectivity index (χ1v) is 10.9. The lowest BCUT2D eigenvalue weighted by Gasteiger charge is -2.39. The van der Waals surface area contributed by atoms with E-state index in [9.17, 15) is 9.59 Å². The van der Waals surface area contributed by atoms with Crippen LogP contribution in [0.25, 0.3) is 11.1 Å². The fourth-order valence-electron chi connectivity index (χ4n) is 4.10. The summed E-state index contributed by atoms with van der Waals surface area (Å²) in [4.78, 5) is 34.1. The van der Waals surface area contributed by atoms with E-state index in [1.807, 2.05) is 42.5 Å². The average Bonchev–Trinajstić information content (AvgIpc) is 2.87. The number of carbonyl (C=O) groups excluding carboxylic acids is 2. The van der Waals surface area contributed by atoms with Gasteiger partial charge in [0.1, 0.15) is 17.6 Å². The predicted molar refractivity (Wildman–Crippen MR) is 128 cm³/mol. The summed E-state index contributed by atoms with van der Waals surface area (Å²) in [7, 11) is 5.19. The van der Waals surface area contributed by atoms with Crippen molar-refractivity contribution in [1.29, 1.82) is 0 Å². The molecule has 0 spiro atoms. The van der Waals surface area contributed by atoms with E-state index in [0.717, 1.165) is 22.4 Å². The van der Waals surface area contributed by atoms with Crippen molar-refractivity contribution in [3.05, 3.63) is 78.0 Å². The highest BCUT2D eigenvalue weighted by molar-refractivity contribution is 5.98. The smallest absolute Gasteiger partial charge is 0.254 e. The monoisotopic (exact) mass is 444 g/mol. The summed E-state index contributed by atoms with van der Waals surface area (Å²) in [6.07, 6.45) is 2.05. The minimum absolute atomic E-state index is 0.0488. The predicted octanol–water partition coefficient (Wildman–Crippen LogP) is 3.32. The van der Waals surface area contributed by atoms with Crippen LogP contribution in [0.15, 0.2) is 66.9 Å². The zero-order valence-corrected chi connectivity index (χ0v) is 19.1. The van der Waals surface area contributed by atoms with Gasteiger partial charge < -0.3 is 19.9 Å². The maximum absolute atomic E-state index is 13.4. The molecule has 1 saturated heterocycles. The van der Waals surface area contributed by atoms with Gasteiger partial charge in [-0.05, 0) is 41.0 Å². The second-order valence-electron chi connectivity index (χ2n) is 8.09. The molecule has 3 aromatic rings. The molecule has 1 atom stereocenters. The topological polar surface area (TPSA) is 74.8 Å². The summed E-state index contributed by atoms with van der Waals surface area (Å²) < 4.78 is 5.25. The number of benzene rings is 2. The Bertz CT molecular complexity index is 1150. The largest absolute Gasteiger partial charge is 0.497 e. The quantitative estimate of drug-likeness (QED) is 0.631. The number of rotatable bonds is 6. The fourth-order valence-corrected chi connectivity index (χ4v) is 4.10. The SMILES string of the molecule is CNc1cc(C(=O)N2CCN(C)C(=O)C2Cc2cccc(-c3ccc(OC)cc3)c2)ccn1. The first-order valence-electron chi connectivity index (χ1n) is 10.9. The first-order chi connectivity index (χ1) is 16.0. The Labute approximate surface area is 194 Å². The van der Waals surface area contributed by atoms with E-state index >= 15 is 0 Å². The summed E-state index contributed by atoms with van der Waals surface area (Å²) >= 11 is 0. The van der Waals surface area contributed by atoms with Crippen LogP contribution >= 0.6 is 0 Å². The molecule has 170 valence electrons. The number of hydrogen-bond acceptors (Lipinski definition) is 5. The van der Waals surface area contributed by atoms with Gasteiger partial charge in [-0.15, -0.1) is 0 Å². The summed E-state index contributed by atoms with van der Waals surface area (Å²) in [5.41, 5.74) is 3.63. The van der Waals surface area contributed by atoms with Gasteiger partial charge in [0, 0.05) is 45.4 Å². The van der Waals surface area contributed by atoms with Crippen molar-refractivity contribution >= 4 is 17.6 Å². The Kier molecular flexibility index (Phi) is 6.58. The molecule has 0 bridgehead atoms. The number of likely N-dealkylation sites (N-methyl/N-ethyl adjacent to an activating group) is 1. The molecule has 33 heavy (non-hydrogen) atoms. The Morgan fingerprint density at radius 2 is 1.88 bits per heavy atom. The molecule has 0 radical (unpaired) electrons. The van der Waals surface area contributed by atoms with Crippen LogP contribution in [0.2, 0.25) is 0 Å². The molecular weight excluding hydrogens is 416 g/mol. The van der Waals surface area contributed by atoms with Crippen molar-refractivity contribution in [2.24, 2.45) is 0 Å².